The summed E-state index contributed by atoms with van der Waals surface area (Å²) >= 11 is 7.89. The van der Waals surface area contributed by atoms with Crippen LogP contribution in [0.2, 0.25) is 5.02 Å². The molecule has 0 aliphatic heterocycles. The summed E-state index contributed by atoms with van der Waals surface area (Å²) in [6, 6.07) is 7.68. The van der Waals surface area contributed by atoms with Gasteiger partial charge in [-0.2, -0.15) is 11.8 Å². The molecule has 0 heterocycles. The fraction of sp³-hybridized carbons (Fsp3) is 0.533. The molecule has 2 unspecified atom stereocenters. The maximum Gasteiger partial charge on any atom is 0.238 e. The molecule has 1 amide bonds. The van der Waals surface area contributed by atoms with Crippen LogP contribution in [-0.4, -0.2) is 29.5 Å². The second-order valence-electron chi connectivity index (χ2n) is 4.97. The van der Waals surface area contributed by atoms with Gasteiger partial charge < -0.3 is 10.6 Å². The molecule has 1 aromatic rings. The van der Waals surface area contributed by atoms with Crippen LogP contribution in [-0.2, 0) is 4.79 Å². The van der Waals surface area contributed by atoms with E-state index in [0.717, 1.165) is 11.4 Å². The number of hydrogen-bond acceptors (Lipinski definition) is 3. The molecule has 0 aromatic heterocycles. The zero-order valence-corrected chi connectivity index (χ0v) is 13.3. The first kappa shape index (κ1) is 15.7. The summed E-state index contributed by atoms with van der Waals surface area (Å²) in [6.07, 6.45) is 3.68. The average molecular weight is 313 g/mol. The van der Waals surface area contributed by atoms with Gasteiger partial charge in [0.1, 0.15) is 0 Å². The second kappa shape index (κ2) is 7.91. The van der Waals surface area contributed by atoms with Gasteiger partial charge in [-0.05, 0) is 36.8 Å². The van der Waals surface area contributed by atoms with Crippen molar-refractivity contribution in [2.24, 2.45) is 0 Å². The Balaban J connectivity index is 1.77. The third-order valence-corrected chi connectivity index (χ3v) is 5.03. The van der Waals surface area contributed by atoms with Crippen LogP contribution in [0.1, 0.15) is 26.2 Å². The van der Waals surface area contributed by atoms with E-state index in [0.29, 0.717) is 22.9 Å². The van der Waals surface area contributed by atoms with Crippen molar-refractivity contribution in [1.29, 1.82) is 0 Å². The first-order valence-corrected chi connectivity index (χ1v) is 8.52. The first-order chi connectivity index (χ1) is 9.69. The molecule has 2 atom stereocenters. The number of amides is 1. The molecule has 0 bridgehead atoms. The zero-order valence-electron chi connectivity index (χ0n) is 11.7. The van der Waals surface area contributed by atoms with Crippen molar-refractivity contribution in [1.82, 2.24) is 5.32 Å². The maximum absolute atomic E-state index is 11.9. The van der Waals surface area contributed by atoms with Crippen molar-refractivity contribution < 1.29 is 4.79 Å². The van der Waals surface area contributed by atoms with Gasteiger partial charge in [-0.15, -0.1) is 0 Å². The summed E-state index contributed by atoms with van der Waals surface area (Å²) in [4.78, 5) is 11.9. The van der Waals surface area contributed by atoms with Gasteiger partial charge in [0.2, 0.25) is 5.91 Å². The standard InChI is InChI=1S/C15H21ClN2OS/c1-2-20-14-8-4-7-13(14)17-10-15(19)18-12-6-3-5-11(16)9-12/h3,5-6,9,13-14,17H,2,4,7-8,10H2,1H3,(H,18,19). The van der Waals surface area contributed by atoms with E-state index < -0.39 is 0 Å². The van der Waals surface area contributed by atoms with E-state index in [2.05, 4.69) is 17.6 Å². The topological polar surface area (TPSA) is 41.1 Å². The van der Waals surface area contributed by atoms with Crippen LogP contribution in [0.4, 0.5) is 5.69 Å². The number of hydrogen-bond donors (Lipinski definition) is 2. The van der Waals surface area contributed by atoms with Crippen LogP contribution >= 0.6 is 23.4 Å². The Morgan fingerprint density at radius 2 is 2.30 bits per heavy atom. The number of anilines is 1. The highest BCUT2D eigenvalue weighted by molar-refractivity contribution is 7.99. The summed E-state index contributed by atoms with van der Waals surface area (Å²) < 4.78 is 0. The Hall–Kier alpha value is -0.710. The Bertz CT molecular complexity index is 455. The molecular weight excluding hydrogens is 292 g/mol. The molecule has 1 aromatic carbocycles. The smallest absolute Gasteiger partial charge is 0.238 e. The lowest BCUT2D eigenvalue weighted by Gasteiger charge is -2.19. The van der Waals surface area contributed by atoms with E-state index in [9.17, 15) is 4.79 Å². The average Bonchev–Trinajstić information content (AvgIpc) is 2.84. The molecule has 1 saturated carbocycles. The molecule has 20 heavy (non-hydrogen) atoms. The molecule has 5 heteroatoms. The summed E-state index contributed by atoms with van der Waals surface area (Å²) in [7, 11) is 0. The second-order valence-corrected chi connectivity index (χ2v) is 6.92. The minimum atomic E-state index is -0.0144. The predicted octanol–water partition coefficient (Wildman–Crippen LogP) is 3.54. The first-order valence-electron chi connectivity index (χ1n) is 7.09. The van der Waals surface area contributed by atoms with Gasteiger partial charge in [-0.25, -0.2) is 0 Å². The fourth-order valence-electron chi connectivity index (χ4n) is 2.57. The van der Waals surface area contributed by atoms with Crippen molar-refractivity contribution in [2.45, 2.75) is 37.5 Å². The fourth-order valence-corrected chi connectivity index (χ4v) is 3.98. The van der Waals surface area contributed by atoms with Crippen molar-refractivity contribution in [3.63, 3.8) is 0 Å². The van der Waals surface area contributed by atoms with Crippen LogP contribution in [0.15, 0.2) is 24.3 Å². The van der Waals surface area contributed by atoms with Crippen molar-refractivity contribution in [2.75, 3.05) is 17.6 Å². The van der Waals surface area contributed by atoms with Gasteiger partial charge in [0, 0.05) is 22.0 Å². The van der Waals surface area contributed by atoms with Crippen molar-refractivity contribution in [3.8, 4) is 0 Å². The van der Waals surface area contributed by atoms with Crippen LogP contribution in [0.3, 0.4) is 0 Å². The SMILES string of the molecule is CCSC1CCCC1NCC(=O)Nc1cccc(Cl)c1. The maximum atomic E-state index is 11.9. The van der Waals surface area contributed by atoms with E-state index in [1.807, 2.05) is 23.9 Å². The van der Waals surface area contributed by atoms with Crippen LogP contribution in [0.25, 0.3) is 0 Å². The zero-order chi connectivity index (χ0) is 14.4. The summed E-state index contributed by atoms with van der Waals surface area (Å²) in [6.45, 7) is 2.55. The molecule has 0 saturated heterocycles. The largest absolute Gasteiger partial charge is 0.325 e. The Morgan fingerprint density at radius 1 is 1.45 bits per heavy atom. The van der Waals surface area contributed by atoms with Gasteiger partial charge in [0.15, 0.2) is 0 Å². The van der Waals surface area contributed by atoms with E-state index in [4.69, 9.17) is 11.6 Å². The molecule has 1 aliphatic carbocycles. The molecule has 1 fully saturated rings. The minimum absolute atomic E-state index is 0.0144. The highest BCUT2D eigenvalue weighted by atomic mass is 35.5. The number of rotatable bonds is 6. The van der Waals surface area contributed by atoms with Crippen molar-refractivity contribution in [3.05, 3.63) is 29.3 Å². The number of halogens is 1. The number of benzene rings is 1. The van der Waals surface area contributed by atoms with E-state index in [1.165, 1.54) is 19.3 Å². The third-order valence-electron chi connectivity index (χ3n) is 3.47. The lowest BCUT2D eigenvalue weighted by Crippen LogP contribution is -2.39. The molecule has 2 rings (SSSR count). The lowest BCUT2D eigenvalue weighted by atomic mass is 10.2. The highest BCUT2D eigenvalue weighted by Gasteiger charge is 2.26. The number of thioether (sulfide) groups is 1. The summed E-state index contributed by atoms with van der Waals surface area (Å²) in [5.41, 5.74) is 0.746. The summed E-state index contributed by atoms with van der Waals surface area (Å²) in [5.74, 6) is 1.12. The quantitative estimate of drug-likeness (QED) is 0.844. The van der Waals surface area contributed by atoms with Gasteiger partial charge in [-0.3, -0.25) is 4.79 Å². The van der Waals surface area contributed by atoms with Gasteiger partial charge in [-0.1, -0.05) is 31.0 Å². The molecule has 0 radical (unpaired) electrons. The van der Waals surface area contributed by atoms with E-state index in [1.54, 1.807) is 12.1 Å². The molecule has 3 nitrogen and oxygen atoms in total. The normalized spacial score (nSPS) is 21.9. The van der Waals surface area contributed by atoms with E-state index >= 15 is 0 Å². The highest BCUT2D eigenvalue weighted by Crippen LogP contribution is 2.29. The van der Waals surface area contributed by atoms with Crippen molar-refractivity contribution >= 4 is 35.0 Å². The molecule has 110 valence electrons. The molecule has 0 spiro atoms. The van der Waals surface area contributed by atoms with Gasteiger partial charge in [0.25, 0.3) is 0 Å². The van der Waals surface area contributed by atoms with E-state index in [-0.39, 0.29) is 5.91 Å². The molecule has 1 aliphatic rings. The number of carbonyl (C=O) groups is 1. The predicted molar refractivity (Wildman–Crippen MR) is 87.6 cm³/mol. The minimum Gasteiger partial charge on any atom is -0.325 e. The Labute approximate surface area is 129 Å². The van der Waals surface area contributed by atoms with Crippen LogP contribution < -0.4 is 10.6 Å². The van der Waals surface area contributed by atoms with Crippen LogP contribution in [0.5, 0.6) is 0 Å². The van der Waals surface area contributed by atoms with Crippen LogP contribution in [0, 0.1) is 0 Å². The van der Waals surface area contributed by atoms with Gasteiger partial charge in [0.05, 0.1) is 6.54 Å². The number of nitrogens with one attached hydrogen (secondary N) is 2. The Kier molecular flexibility index (Phi) is 6.20. The van der Waals surface area contributed by atoms with Gasteiger partial charge >= 0.3 is 0 Å². The summed E-state index contributed by atoms with van der Waals surface area (Å²) in [5, 5.41) is 7.53. The number of carbonyl (C=O) groups excluding carboxylic acids is 1. The lowest BCUT2D eigenvalue weighted by molar-refractivity contribution is -0.115. The third kappa shape index (κ3) is 4.69. The molecule has 2 N–H and O–H groups in total. The Morgan fingerprint density at radius 3 is 3.05 bits per heavy atom. The monoisotopic (exact) mass is 312 g/mol. The molecular formula is C15H21ClN2OS.